The van der Waals surface area contributed by atoms with Crippen LogP contribution in [0, 0.1) is 5.92 Å². The van der Waals surface area contributed by atoms with Gasteiger partial charge in [0.15, 0.2) is 0 Å². The minimum absolute atomic E-state index is 0.150. The first-order chi connectivity index (χ1) is 10.3. The maximum atomic E-state index is 12.5. The van der Waals surface area contributed by atoms with E-state index in [1.165, 1.54) is 5.56 Å². The minimum atomic E-state index is -0.150. The highest BCUT2D eigenvalue weighted by molar-refractivity contribution is 5.79. The maximum Gasteiger partial charge on any atom is 0.227 e. The average molecular weight is 290 g/mol. The number of nitrogens with zero attached hydrogens (tertiary/aromatic N) is 1. The van der Waals surface area contributed by atoms with Crippen LogP contribution in [0.3, 0.4) is 0 Å². The fourth-order valence-electron chi connectivity index (χ4n) is 2.96. The molecule has 0 saturated carbocycles. The number of hydrogen-bond acceptors (Lipinski definition) is 4. The summed E-state index contributed by atoms with van der Waals surface area (Å²) in [6, 6.07) is 6.20. The second-order valence-corrected chi connectivity index (χ2v) is 5.61. The van der Waals surface area contributed by atoms with Gasteiger partial charge in [0.05, 0.1) is 25.7 Å². The van der Waals surface area contributed by atoms with Gasteiger partial charge in [0.25, 0.3) is 0 Å². The lowest BCUT2D eigenvalue weighted by molar-refractivity contribution is -0.139. The van der Waals surface area contributed by atoms with E-state index in [1.54, 1.807) is 0 Å². The van der Waals surface area contributed by atoms with E-state index >= 15 is 0 Å². The van der Waals surface area contributed by atoms with Crippen LogP contribution < -0.4 is 10.5 Å². The van der Waals surface area contributed by atoms with E-state index in [2.05, 4.69) is 6.07 Å². The van der Waals surface area contributed by atoms with E-state index in [4.69, 9.17) is 15.2 Å². The molecule has 0 aromatic heterocycles. The molecule has 1 unspecified atom stereocenters. The van der Waals surface area contributed by atoms with E-state index in [0.29, 0.717) is 39.3 Å². The van der Waals surface area contributed by atoms with Crippen LogP contribution >= 0.6 is 0 Å². The summed E-state index contributed by atoms with van der Waals surface area (Å²) in [5.41, 5.74) is 8.24. The Balaban J connectivity index is 1.67. The summed E-state index contributed by atoms with van der Waals surface area (Å²) in [6.07, 6.45) is 1.65. The van der Waals surface area contributed by atoms with Gasteiger partial charge in [-0.2, -0.15) is 0 Å². The summed E-state index contributed by atoms with van der Waals surface area (Å²) in [6.45, 7) is 3.73. The van der Waals surface area contributed by atoms with E-state index in [0.717, 1.165) is 24.3 Å². The normalized spacial score (nSPS) is 19.0. The molecule has 2 aliphatic heterocycles. The average Bonchev–Trinajstić information content (AvgIpc) is 3.00. The van der Waals surface area contributed by atoms with Gasteiger partial charge in [-0.05, 0) is 23.6 Å². The van der Waals surface area contributed by atoms with Crippen molar-refractivity contribution in [1.29, 1.82) is 0 Å². The number of amides is 1. The molecule has 1 saturated heterocycles. The van der Waals surface area contributed by atoms with Crippen molar-refractivity contribution in [1.82, 2.24) is 4.90 Å². The molecule has 1 atom stereocenters. The van der Waals surface area contributed by atoms with Crippen LogP contribution in [0.1, 0.15) is 11.1 Å². The van der Waals surface area contributed by atoms with Crippen LogP contribution in [0.2, 0.25) is 0 Å². The molecule has 1 fully saturated rings. The fourth-order valence-corrected chi connectivity index (χ4v) is 2.96. The SMILES string of the molecule is NCC(Cc1ccc2c(c1)CCO2)C(=O)N1CCOCC1. The van der Waals surface area contributed by atoms with Crippen LogP contribution in [0.25, 0.3) is 0 Å². The van der Waals surface area contributed by atoms with Crippen molar-refractivity contribution in [2.45, 2.75) is 12.8 Å². The molecular formula is C16H22N2O3. The smallest absolute Gasteiger partial charge is 0.227 e. The number of hydrogen-bond donors (Lipinski definition) is 1. The van der Waals surface area contributed by atoms with Crippen molar-refractivity contribution < 1.29 is 14.3 Å². The van der Waals surface area contributed by atoms with Crippen molar-refractivity contribution in [2.24, 2.45) is 11.7 Å². The van der Waals surface area contributed by atoms with Gasteiger partial charge in [-0.15, -0.1) is 0 Å². The lowest BCUT2D eigenvalue weighted by atomic mass is 9.96. The van der Waals surface area contributed by atoms with Gasteiger partial charge in [-0.25, -0.2) is 0 Å². The van der Waals surface area contributed by atoms with Crippen LogP contribution in [0.15, 0.2) is 18.2 Å². The second-order valence-electron chi connectivity index (χ2n) is 5.61. The Labute approximate surface area is 125 Å². The molecule has 1 aromatic rings. The summed E-state index contributed by atoms with van der Waals surface area (Å²) in [5.74, 6) is 0.976. The number of rotatable bonds is 4. The van der Waals surface area contributed by atoms with Gasteiger partial charge in [0.2, 0.25) is 5.91 Å². The number of carbonyl (C=O) groups excluding carboxylic acids is 1. The first-order valence-electron chi connectivity index (χ1n) is 7.59. The molecular weight excluding hydrogens is 268 g/mol. The number of nitrogens with two attached hydrogens (primary N) is 1. The molecule has 0 radical (unpaired) electrons. The molecule has 0 bridgehead atoms. The van der Waals surface area contributed by atoms with Crippen LogP contribution in [-0.4, -0.2) is 50.3 Å². The second kappa shape index (κ2) is 6.45. The number of ether oxygens (including phenoxy) is 2. The van der Waals surface area contributed by atoms with E-state index in [1.807, 2.05) is 17.0 Å². The highest BCUT2D eigenvalue weighted by Crippen LogP contribution is 2.27. The predicted molar refractivity (Wildman–Crippen MR) is 79.3 cm³/mol. The highest BCUT2D eigenvalue weighted by Gasteiger charge is 2.25. The van der Waals surface area contributed by atoms with E-state index in [9.17, 15) is 4.79 Å². The first kappa shape index (κ1) is 14.4. The van der Waals surface area contributed by atoms with E-state index in [-0.39, 0.29) is 11.8 Å². The third-order valence-electron chi connectivity index (χ3n) is 4.19. The molecule has 2 aliphatic rings. The molecule has 114 valence electrons. The Bertz CT molecular complexity index is 512. The zero-order valence-electron chi connectivity index (χ0n) is 12.2. The summed E-state index contributed by atoms with van der Waals surface area (Å²) in [5, 5.41) is 0. The van der Waals surface area contributed by atoms with Crippen molar-refractivity contribution in [3.8, 4) is 5.75 Å². The Morgan fingerprint density at radius 2 is 2.10 bits per heavy atom. The van der Waals surface area contributed by atoms with Crippen LogP contribution in [-0.2, 0) is 22.4 Å². The summed E-state index contributed by atoms with van der Waals surface area (Å²) < 4.78 is 10.8. The van der Waals surface area contributed by atoms with E-state index < -0.39 is 0 Å². The van der Waals surface area contributed by atoms with Crippen molar-refractivity contribution in [2.75, 3.05) is 39.5 Å². The van der Waals surface area contributed by atoms with Crippen LogP contribution in [0.5, 0.6) is 5.75 Å². The predicted octanol–water partition coefficient (Wildman–Crippen LogP) is 0.598. The Kier molecular flexibility index (Phi) is 4.41. The van der Waals surface area contributed by atoms with Gasteiger partial charge >= 0.3 is 0 Å². The first-order valence-corrected chi connectivity index (χ1v) is 7.59. The molecule has 2 heterocycles. The maximum absolute atomic E-state index is 12.5. The molecule has 3 rings (SSSR count). The third kappa shape index (κ3) is 3.19. The molecule has 5 nitrogen and oxygen atoms in total. The number of morpholine rings is 1. The number of benzene rings is 1. The van der Waals surface area contributed by atoms with Crippen molar-refractivity contribution in [3.63, 3.8) is 0 Å². The molecule has 21 heavy (non-hydrogen) atoms. The zero-order chi connectivity index (χ0) is 14.7. The monoisotopic (exact) mass is 290 g/mol. The number of carbonyl (C=O) groups is 1. The Morgan fingerprint density at radius 3 is 2.86 bits per heavy atom. The molecule has 1 aromatic carbocycles. The lowest BCUT2D eigenvalue weighted by Crippen LogP contribution is -2.45. The van der Waals surface area contributed by atoms with Gasteiger partial charge < -0.3 is 20.1 Å². The number of fused-ring (bicyclic) bond motifs is 1. The summed E-state index contributed by atoms with van der Waals surface area (Å²) >= 11 is 0. The third-order valence-corrected chi connectivity index (χ3v) is 4.19. The minimum Gasteiger partial charge on any atom is -0.493 e. The largest absolute Gasteiger partial charge is 0.493 e. The van der Waals surface area contributed by atoms with Gasteiger partial charge in [-0.3, -0.25) is 4.79 Å². The quantitative estimate of drug-likeness (QED) is 0.882. The zero-order valence-corrected chi connectivity index (χ0v) is 12.2. The molecule has 2 N–H and O–H groups in total. The van der Waals surface area contributed by atoms with Gasteiger partial charge in [0, 0.05) is 26.1 Å². The van der Waals surface area contributed by atoms with Crippen LogP contribution in [0.4, 0.5) is 0 Å². The standard InChI is InChI=1S/C16H22N2O3/c17-11-14(16(19)18-4-7-20-8-5-18)10-12-1-2-15-13(9-12)3-6-21-15/h1-2,9,14H,3-8,10-11,17H2. The van der Waals surface area contributed by atoms with Gasteiger partial charge in [-0.1, -0.05) is 12.1 Å². The summed E-state index contributed by atoms with van der Waals surface area (Å²) in [4.78, 5) is 14.4. The topological polar surface area (TPSA) is 64.8 Å². The highest BCUT2D eigenvalue weighted by atomic mass is 16.5. The molecule has 5 heteroatoms. The van der Waals surface area contributed by atoms with Crippen molar-refractivity contribution in [3.05, 3.63) is 29.3 Å². The Morgan fingerprint density at radius 1 is 1.29 bits per heavy atom. The van der Waals surface area contributed by atoms with Gasteiger partial charge in [0.1, 0.15) is 5.75 Å². The lowest BCUT2D eigenvalue weighted by Gasteiger charge is -2.30. The Hall–Kier alpha value is -1.59. The molecule has 0 aliphatic carbocycles. The summed E-state index contributed by atoms with van der Waals surface area (Å²) in [7, 11) is 0. The van der Waals surface area contributed by atoms with Crippen molar-refractivity contribution >= 4 is 5.91 Å². The molecule has 0 spiro atoms. The molecule has 1 amide bonds. The fraction of sp³-hybridized carbons (Fsp3) is 0.562.